The van der Waals surface area contributed by atoms with Crippen molar-refractivity contribution in [3.05, 3.63) is 12.2 Å². The Balaban J connectivity index is 3.02. The van der Waals surface area contributed by atoms with Crippen molar-refractivity contribution < 1.29 is 4.79 Å². The highest BCUT2D eigenvalue weighted by Gasteiger charge is 1.89. The van der Waals surface area contributed by atoms with Gasteiger partial charge in [-0.1, -0.05) is 64.0 Å². The van der Waals surface area contributed by atoms with E-state index >= 15 is 0 Å². The van der Waals surface area contributed by atoms with Gasteiger partial charge in [0.25, 0.3) is 0 Å². The summed E-state index contributed by atoms with van der Waals surface area (Å²) < 4.78 is 0. The van der Waals surface area contributed by atoms with Crippen molar-refractivity contribution in [1.82, 2.24) is 0 Å². The quantitative estimate of drug-likeness (QED) is 0.216. The van der Waals surface area contributed by atoms with Crippen LogP contribution in [0.3, 0.4) is 0 Å². The van der Waals surface area contributed by atoms with Gasteiger partial charge in [0.15, 0.2) is 0 Å². The lowest BCUT2D eigenvalue weighted by molar-refractivity contribution is -0.107. The monoisotopic (exact) mass is 252 g/mol. The van der Waals surface area contributed by atoms with Gasteiger partial charge in [-0.3, -0.25) is 0 Å². The van der Waals surface area contributed by atoms with Crippen molar-refractivity contribution in [2.24, 2.45) is 0 Å². The fourth-order valence-corrected chi connectivity index (χ4v) is 2.12. The maximum absolute atomic E-state index is 10.1. The normalized spacial score (nSPS) is 11.2. The largest absolute Gasteiger partial charge is 0.303 e. The molecule has 18 heavy (non-hydrogen) atoms. The van der Waals surface area contributed by atoms with Crippen molar-refractivity contribution in [1.29, 1.82) is 0 Å². The van der Waals surface area contributed by atoms with Gasteiger partial charge >= 0.3 is 0 Å². The fourth-order valence-electron chi connectivity index (χ4n) is 2.12. The van der Waals surface area contributed by atoms with Crippen LogP contribution >= 0.6 is 0 Å². The van der Waals surface area contributed by atoms with Crippen molar-refractivity contribution >= 4 is 6.29 Å². The van der Waals surface area contributed by atoms with E-state index in [-0.39, 0.29) is 0 Å². The molecule has 0 aromatic carbocycles. The van der Waals surface area contributed by atoms with Crippen LogP contribution in [0.15, 0.2) is 12.2 Å². The molecule has 0 saturated heterocycles. The summed E-state index contributed by atoms with van der Waals surface area (Å²) in [6.07, 6.45) is 22.1. The second-order valence-corrected chi connectivity index (χ2v) is 5.19. The highest BCUT2D eigenvalue weighted by Crippen LogP contribution is 2.09. The van der Waals surface area contributed by atoms with Crippen LogP contribution in [0.1, 0.15) is 90.4 Å². The fraction of sp³-hybridized carbons (Fsp3) is 0.824. The topological polar surface area (TPSA) is 17.1 Å². The first-order chi connectivity index (χ1) is 8.91. The Kier molecular flexibility index (Phi) is 15.9. The van der Waals surface area contributed by atoms with Crippen LogP contribution in [-0.2, 0) is 4.79 Å². The van der Waals surface area contributed by atoms with Crippen molar-refractivity contribution in [3.63, 3.8) is 0 Å². The molecule has 0 aliphatic heterocycles. The molecule has 0 saturated carbocycles. The molecule has 0 aromatic rings. The highest BCUT2D eigenvalue weighted by atomic mass is 16.1. The standard InChI is InChI=1S/C17H32O/c1-2-3-4-5-6-7-8-9-10-11-12-13-14-15-16-17-18/h10-11,17H,2-9,12-16H2,1H3/b11-10-. The van der Waals surface area contributed by atoms with E-state index in [0.717, 1.165) is 19.1 Å². The second-order valence-electron chi connectivity index (χ2n) is 5.19. The van der Waals surface area contributed by atoms with Crippen molar-refractivity contribution in [2.75, 3.05) is 0 Å². The number of hydrogen-bond donors (Lipinski definition) is 0. The molecule has 1 nitrogen and oxygen atoms in total. The van der Waals surface area contributed by atoms with Gasteiger partial charge in [-0.2, -0.15) is 0 Å². The zero-order valence-corrected chi connectivity index (χ0v) is 12.3. The van der Waals surface area contributed by atoms with Crippen LogP contribution in [0, 0.1) is 0 Å². The van der Waals surface area contributed by atoms with E-state index in [9.17, 15) is 4.79 Å². The van der Waals surface area contributed by atoms with Gasteiger partial charge in [-0.25, -0.2) is 0 Å². The molecule has 0 aromatic heterocycles. The van der Waals surface area contributed by atoms with Gasteiger partial charge in [-0.05, 0) is 32.1 Å². The number of carbonyl (C=O) groups excluding carboxylic acids is 1. The molecule has 0 N–H and O–H groups in total. The minimum absolute atomic E-state index is 0.738. The summed E-state index contributed by atoms with van der Waals surface area (Å²) in [5, 5.41) is 0. The summed E-state index contributed by atoms with van der Waals surface area (Å²) in [6.45, 7) is 2.27. The lowest BCUT2D eigenvalue weighted by Crippen LogP contribution is -1.79. The van der Waals surface area contributed by atoms with Crippen LogP contribution in [0.25, 0.3) is 0 Å². The van der Waals surface area contributed by atoms with Crippen molar-refractivity contribution in [2.45, 2.75) is 90.4 Å². The van der Waals surface area contributed by atoms with E-state index in [0.29, 0.717) is 0 Å². The summed E-state index contributed by atoms with van der Waals surface area (Å²) in [5.41, 5.74) is 0. The molecule has 0 amide bonds. The average Bonchev–Trinajstić information content (AvgIpc) is 2.39. The summed E-state index contributed by atoms with van der Waals surface area (Å²) in [6, 6.07) is 0. The molecule has 0 unspecified atom stereocenters. The predicted molar refractivity (Wildman–Crippen MR) is 80.9 cm³/mol. The number of carbonyl (C=O) groups is 1. The molecule has 106 valence electrons. The average molecular weight is 252 g/mol. The second kappa shape index (κ2) is 16.4. The highest BCUT2D eigenvalue weighted by molar-refractivity contribution is 5.48. The Bertz CT molecular complexity index is 184. The summed E-state index contributed by atoms with van der Waals surface area (Å²) in [4.78, 5) is 10.1. The molecule has 1 heteroatoms. The van der Waals surface area contributed by atoms with Gasteiger partial charge in [0, 0.05) is 6.42 Å². The molecule has 0 radical (unpaired) electrons. The number of hydrogen-bond acceptors (Lipinski definition) is 1. The van der Waals surface area contributed by atoms with E-state index in [2.05, 4.69) is 19.1 Å². The lowest BCUT2D eigenvalue weighted by atomic mass is 10.1. The van der Waals surface area contributed by atoms with Crippen LogP contribution in [0.5, 0.6) is 0 Å². The number of aldehydes is 1. The van der Waals surface area contributed by atoms with E-state index in [1.54, 1.807) is 0 Å². The zero-order valence-electron chi connectivity index (χ0n) is 12.3. The predicted octanol–water partition coefficient (Wildman–Crippen LogP) is 5.83. The first kappa shape index (κ1) is 17.4. The Morgan fingerprint density at radius 3 is 1.61 bits per heavy atom. The van der Waals surface area contributed by atoms with E-state index in [1.807, 2.05) is 0 Å². The zero-order chi connectivity index (χ0) is 13.3. The first-order valence-corrected chi connectivity index (χ1v) is 8.00. The summed E-state index contributed by atoms with van der Waals surface area (Å²) >= 11 is 0. The summed E-state index contributed by atoms with van der Waals surface area (Å²) in [5.74, 6) is 0. The van der Waals surface area contributed by atoms with E-state index in [4.69, 9.17) is 0 Å². The third-order valence-corrected chi connectivity index (χ3v) is 3.33. The van der Waals surface area contributed by atoms with Crippen LogP contribution in [-0.4, -0.2) is 6.29 Å². The van der Waals surface area contributed by atoms with E-state index in [1.165, 1.54) is 70.6 Å². The Morgan fingerprint density at radius 2 is 1.06 bits per heavy atom. The molecular formula is C17H32O. The minimum Gasteiger partial charge on any atom is -0.303 e. The van der Waals surface area contributed by atoms with Gasteiger partial charge in [0.05, 0.1) is 0 Å². The molecule has 0 aliphatic rings. The smallest absolute Gasteiger partial charge is 0.119 e. The summed E-state index contributed by atoms with van der Waals surface area (Å²) in [7, 11) is 0. The van der Waals surface area contributed by atoms with E-state index < -0.39 is 0 Å². The number of unbranched alkanes of at least 4 members (excludes halogenated alkanes) is 11. The van der Waals surface area contributed by atoms with Crippen LogP contribution in [0.2, 0.25) is 0 Å². The third-order valence-electron chi connectivity index (χ3n) is 3.33. The minimum atomic E-state index is 0.738. The van der Waals surface area contributed by atoms with Crippen molar-refractivity contribution in [3.8, 4) is 0 Å². The molecule has 0 heterocycles. The molecule has 0 spiro atoms. The molecule has 0 aliphatic carbocycles. The third kappa shape index (κ3) is 15.4. The molecule has 0 fully saturated rings. The van der Waals surface area contributed by atoms with Gasteiger partial charge < -0.3 is 4.79 Å². The Hall–Kier alpha value is -0.590. The lowest BCUT2D eigenvalue weighted by Gasteiger charge is -1.99. The van der Waals surface area contributed by atoms with Gasteiger partial charge in [0.1, 0.15) is 6.29 Å². The molecule has 0 rings (SSSR count). The number of rotatable bonds is 14. The Labute approximate surface area is 114 Å². The maximum Gasteiger partial charge on any atom is 0.119 e. The SMILES string of the molecule is CCCCCCCCC/C=C\CCCCCC=O. The molecule has 0 atom stereocenters. The first-order valence-electron chi connectivity index (χ1n) is 8.00. The van der Waals surface area contributed by atoms with Crippen LogP contribution < -0.4 is 0 Å². The number of allylic oxidation sites excluding steroid dienone is 2. The maximum atomic E-state index is 10.1. The van der Waals surface area contributed by atoms with Gasteiger partial charge in [0.2, 0.25) is 0 Å². The molecular weight excluding hydrogens is 220 g/mol. The Morgan fingerprint density at radius 1 is 0.611 bits per heavy atom. The van der Waals surface area contributed by atoms with Gasteiger partial charge in [-0.15, -0.1) is 0 Å². The van der Waals surface area contributed by atoms with Crippen LogP contribution in [0.4, 0.5) is 0 Å². The molecule has 0 bridgehead atoms.